The topological polar surface area (TPSA) is 55.5 Å². The van der Waals surface area contributed by atoms with Gasteiger partial charge in [-0.2, -0.15) is 0 Å². The molecule has 4 heteroatoms. The van der Waals surface area contributed by atoms with Crippen molar-refractivity contribution in [2.24, 2.45) is 5.73 Å². The maximum absolute atomic E-state index is 9.93. The third-order valence-corrected chi connectivity index (χ3v) is 2.83. The minimum Gasteiger partial charge on any atom is -0.504 e. The van der Waals surface area contributed by atoms with E-state index in [0.717, 1.165) is 17.3 Å². The number of hydrogen-bond acceptors (Lipinski definition) is 3. The Morgan fingerprint density at radius 3 is 2.88 bits per heavy atom. The summed E-state index contributed by atoms with van der Waals surface area (Å²) in [5.74, 6) is 0.542. The zero-order chi connectivity index (χ0) is 12.1. The number of nitrogens with two attached hydrogens (primary N) is 1. The largest absolute Gasteiger partial charge is 0.504 e. The molecule has 0 unspecified atom stereocenters. The number of allylic oxidation sites excluding steroid dienone is 1. The van der Waals surface area contributed by atoms with E-state index in [1.807, 2.05) is 12.1 Å². The molecule has 88 valence electrons. The molecule has 0 aliphatic heterocycles. The van der Waals surface area contributed by atoms with Crippen LogP contribution in [0.15, 0.2) is 29.3 Å². The fraction of sp³-hybridized carbons (Fsp3) is 0.333. The Balaban J connectivity index is 3.02. The number of aromatic hydroxyl groups is 1. The lowest BCUT2D eigenvalue weighted by molar-refractivity contribution is 0.367. The van der Waals surface area contributed by atoms with E-state index < -0.39 is 0 Å². The van der Waals surface area contributed by atoms with Crippen molar-refractivity contribution < 1.29 is 9.84 Å². The van der Waals surface area contributed by atoms with E-state index in [1.165, 1.54) is 7.11 Å². The maximum Gasteiger partial charge on any atom is 0.162 e. The molecule has 0 aliphatic rings. The fourth-order valence-electron chi connectivity index (χ4n) is 1.49. The van der Waals surface area contributed by atoms with E-state index in [9.17, 15) is 5.11 Å². The van der Waals surface area contributed by atoms with Gasteiger partial charge in [0.15, 0.2) is 11.5 Å². The van der Waals surface area contributed by atoms with Crippen LogP contribution >= 0.6 is 15.9 Å². The number of halogens is 1. The average Bonchev–Trinajstić information content (AvgIpc) is 2.28. The van der Waals surface area contributed by atoms with Crippen LogP contribution in [0.25, 0.3) is 0 Å². The molecule has 0 aliphatic carbocycles. The first-order chi connectivity index (χ1) is 7.60. The van der Waals surface area contributed by atoms with Crippen LogP contribution in [0.5, 0.6) is 11.5 Å². The molecule has 16 heavy (non-hydrogen) atoms. The first-order valence-electron chi connectivity index (χ1n) is 5.03. The van der Waals surface area contributed by atoms with Crippen LogP contribution < -0.4 is 10.5 Å². The second-order valence-corrected chi connectivity index (χ2v) is 4.43. The van der Waals surface area contributed by atoms with Crippen molar-refractivity contribution in [1.82, 2.24) is 0 Å². The minimum atomic E-state index is -0.218. The molecular formula is C12H16BrNO2. The summed E-state index contributed by atoms with van der Waals surface area (Å²) in [6.07, 6.45) is 3.37. The zero-order valence-corrected chi connectivity index (χ0v) is 10.8. The van der Waals surface area contributed by atoms with Gasteiger partial charge in [0.2, 0.25) is 0 Å². The van der Waals surface area contributed by atoms with Gasteiger partial charge >= 0.3 is 0 Å². The van der Waals surface area contributed by atoms with Crippen molar-refractivity contribution >= 4 is 15.9 Å². The summed E-state index contributed by atoms with van der Waals surface area (Å²) >= 11 is 3.36. The second kappa shape index (κ2) is 5.92. The summed E-state index contributed by atoms with van der Waals surface area (Å²) in [6, 6.07) is 3.30. The molecule has 0 bridgehead atoms. The van der Waals surface area contributed by atoms with Gasteiger partial charge in [0, 0.05) is 16.1 Å². The monoisotopic (exact) mass is 285 g/mol. The third-order valence-electron chi connectivity index (χ3n) is 2.37. The normalized spacial score (nSPS) is 12.2. The lowest BCUT2D eigenvalue weighted by Gasteiger charge is -2.15. The predicted molar refractivity (Wildman–Crippen MR) is 68.7 cm³/mol. The van der Waals surface area contributed by atoms with Gasteiger partial charge in [-0.3, -0.25) is 0 Å². The highest BCUT2D eigenvalue weighted by molar-refractivity contribution is 9.10. The van der Waals surface area contributed by atoms with Crippen LogP contribution in [0, 0.1) is 0 Å². The van der Waals surface area contributed by atoms with E-state index >= 15 is 0 Å². The number of methoxy groups -OCH3 is 1. The Labute approximate surface area is 104 Å². The summed E-state index contributed by atoms with van der Waals surface area (Å²) < 4.78 is 5.90. The van der Waals surface area contributed by atoms with Crippen LogP contribution in [0.3, 0.4) is 0 Å². The van der Waals surface area contributed by atoms with Gasteiger partial charge in [-0.15, -0.1) is 6.58 Å². The van der Waals surface area contributed by atoms with Gasteiger partial charge in [-0.05, 0) is 25.0 Å². The van der Waals surface area contributed by atoms with Crippen molar-refractivity contribution in [2.45, 2.75) is 18.9 Å². The average molecular weight is 286 g/mol. The lowest BCUT2D eigenvalue weighted by Crippen LogP contribution is -2.10. The number of phenols is 1. The summed E-state index contributed by atoms with van der Waals surface area (Å²) in [5, 5.41) is 9.93. The Kier molecular flexibility index (Phi) is 4.83. The van der Waals surface area contributed by atoms with Gasteiger partial charge in [0.05, 0.1) is 7.11 Å². The SMILES string of the molecule is C=CCC[C@H](N)c1cc(Br)cc(OC)c1O. The van der Waals surface area contributed by atoms with E-state index in [-0.39, 0.29) is 11.8 Å². The Bertz CT molecular complexity index is 380. The van der Waals surface area contributed by atoms with Crippen molar-refractivity contribution in [2.75, 3.05) is 7.11 Å². The van der Waals surface area contributed by atoms with Crippen LogP contribution in [0.4, 0.5) is 0 Å². The highest BCUT2D eigenvalue weighted by Gasteiger charge is 2.15. The van der Waals surface area contributed by atoms with Crippen molar-refractivity contribution in [3.63, 3.8) is 0 Å². The molecule has 0 heterocycles. The predicted octanol–water partition coefficient (Wildman–Crippen LogP) is 3.13. The molecule has 3 N–H and O–H groups in total. The van der Waals surface area contributed by atoms with Crippen molar-refractivity contribution in [1.29, 1.82) is 0 Å². The van der Waals surface area contributed by atoms with Crippen LogP contribution in [0.2, 0.25) is 0 Å². The van der Waals surface area contributed by atoms with E-state index in [0.29, 0.717) is 11.3 Å². The molecule has 0 aromatic heterocycles. The molecule has 0 spiro atoms. The Morgan fingerprint density at radius 1 is 1.62 bits per heavy atom. The smallest absolute Gasteiger partial charge is 0.162 e. The second-order valence-electron chi connectivity index (χ2n) is 3.52. The maximum atomic E-state index is 9.93. The molecule has 1 aromatic rings. The van der Waals surface area contributed by atoms with Crippen molar-refractivity contribution in [3.8, 4) is 11.5 Å². The highest BCUT2D eigenvalue weighted by Crippen LogP contribution is 2.37. The number of benzene rings is 1. The van der Waals surface area contributed by atoms with Gasteiger partial charge < -0.3 is 15.6 Å². The first kappa shape index (κ1) is 13.1. The molecule has 0 saturated carbocycles. The number of phenolic OH excluding ortho intramolecular Hbond substituents is 1. The fourth-order valence-corrected chi connectivity index (χ4v) is 1.94. The standard InChI is InChI=1S/C12H16BrNO2/c1-3-4-5-10(14)9-6-8(13)7-11(16-2)12(9)15/h3,6-7,10,15H,1,4-5,14H2,2H3/t10-/m0/s1. The molecule has 0 fully saturated rings. The molecule has 3 nitrogen and oxygen atoms in total. The zero-order valence-electron chi connectivity index (χ0n) is 9.24. The molecule has 1 rings (SSSR count). The number of hydrogen-bond donors (Lipinski definition) is 2. The van der Waals surface area contributed by atoms with E-state index in [4.69, 9.17) is 10.5 Å². The molecule has 1 aromatic carbocycles. The van der Waals surface area contributed by atoms with Crippen LogP contribution in [0.1, 0.15) is 24.4 Å². The number of ether oxygens (including phenoxy) is 1. The quantitative estimate of drug-likeness (QED) is 0.818. The van der Waals surface area contributed by atoms with Gasteiger partial charge in [0.25, 0.3) is 0 Å². The van der Waals surface area contributed by atoms with E-state index in [1.54, 1.807) is 6.07 Å². The summed E-state index contributed by atoms with van der Waals surface area (Å²) in [4.78, 5) is 0. The minimum absolute atomic E-state index is 0.113. The third kappa shape index (κ3) is 3.00. The number of rotatable bonds is 5. The molecule has 0 radical (unpaired) electrons. The van der Waals surface area contributed by atoms with Gasteiger partial charge in [-0.1, -0.05) is 22.0 Å². The van der Waals surface area contributed by atoms with E-state index in [2.05, 4.69) is 22.5 Å². The summed E-state index contributed by atoms with van der Waals surface area (Å²) in [5.41, 5.74) is 6.68. The van der Waals surface area contributed by atoms with Gasteiger partial charge in [-0.25, -0.2) is 0 Å². The summed E-state index contributed by atoms with van der Waals surface area (Å²) in [7, 11) is 1.51. The van der Waals surface area contributed by atoms with Gasteiger partial charge in [0.1, 0.15) is 0 Å². The van der Waals surface area contributed by atoms with Crippen LogP contribution in [-0.2, 0) is 0 Å². The molecule has 0 amide bonds. The Hall–Kier alpha value is -1.00. The first-order valence-corrected chi connectivity index (χ1v) is 5.82. The molecule has 1 atom stereocenters. The molecular weight excluding hydrogens is 270 g/mol. The van der Waals surface area contributed by atoms with Crippen LogP contribution in [-0.4, -0.2) is 12.2 Å². The Morgan fingerprint density at radius 2 is 2.31 bits per heavy atom. The highest BCUT2D eigenvalue weighted by atomic mass is 79.9. The van der Waals surface area contributed by atoms with Crippen molar-refractivity contribution in [3.05, 3.63) is 34.8 Å². The lowest BCUT2D eigenvalue weighted by atomic mass is 10.0. The molecule has 0 saturated heterocycles. The summed E-state index contributed by atoms with van der Waals surface area (Å²) in [6.45, 7) is 3.65.